The van der Waals surface area contributed by atoms with Crippen LogP contribution in [-0.4, -0.2) is 28.4 Å². The average molecular weight is 498 g/mol. The van der Waals surface area contributed by atoms with Gasteiger partial charge in [-0.15, -0.1) is 11.6 Å². The van der Waals surface area contributed by atoms with Gasteiger partial charge in [0.05, 0.1) is 12.0 Å². The molecule has 0 radical (unpaired) electrons. The standard InChI is InChI=1S/C12H19ClO2.C10H18O.C2H2Cl2O/c1-8(13)14-15-10-7-9-5-6-12(10,4)11(9,2)3;1-9(2)7-4-5-10(9,3)8(11)6-7;3-1-2(4)5/h9-10H,1,5-7H2,2-4H3;7-8,11H,4-6H2,1-3H3;1H2. The van der Waals surface area contributed by atoms with E-state index in [0.717, 1.165) is 24.7 Å². The molecule has 180 valence electrons. The van der Waals surface area contributed by atoms with Crippen LogP contribution in [0.2, 0.25) is 0 Å². The first-order valence-corrected chi connectivity index (χ1v) is 12.5. The number of rotatable bonds is 4. The van der Waals surface area contributed by atoms with Crippen molar-refractivity contribution in [1.29, 1.82) is 0 Å². The Morgan fingerprint density at radius 3 is 1.65 bits per heavy atom. The molecule has 1 N–H and O–H groups in total. The minimum Gasteiger partial charge on any atom is -0.393 e. The zero-order valence-corrected chi connectivity index (χ0v) is 22.0. The van der Waals surface area contributed by atoms with Crippen molar-refractivity contribution < 1.29 is 19.7 Å². The van der Waals surface area contributed by atoms with E-state index in [4.69, 9.17) is 44.6 Å². The lowest BCUT2D eigenvalue weighted by Gasteiger charge is -2.37. The van der Waals surface area contributed by atoms with Gasteiger partial charge in [-0.1, -0.05) is 41.5 Å². The van der Waals surface area contributed by atoms with Gasteiger partial charge in [0.25, 0.3) is 0 Å². The molecule has 0 aliphatic heterocycles. The van der Waals surface area contributed by atoms with Gasteiger partial charge in [-0.2, -0.15) is 4.89 Å². The number of alkyl halides is 1. The molecule has 6 unspecified atom stereocenters. The molecule has 6 atom stereocenters. The number of carbonyl (C=O) groups is 1. The molecule has 4 nitrogen and oxygen atoms in total. The molecular formula is C24H39Cl3O4. The molecule has 0 spiro atoms. The molecule has 0 aromatic heterocycles. The van der Waals surface area contributed by atoms with E-state index in [-0.39, 0.29) is 34.1 Å². The Bertz CT molecular complexity index is 680. The first kappa shape index (κ1) is 27.2. The maximum absolute atomic E-state index is 9.81. The molecule has 4 rings (SSSR count). The summed E-state index contributed by atoms with van der Waals surface area (Å²) in [5.74, 6) is 1.43. The quantitative estimate of drug-likeness (QED) is 0.149. The van der Waals surface area contributed by atoms with E-state index in [0.29, 0.717) is 10.8 Å². The minimum atomic E-state index is -0.508. The number of halogens is 3. The maximum atomic E-state index is 9.81. The molecule has 31 heavy (non-hydrogen) atoms. The smallest absolute Gasteiger partial charge is 0.236 e. The molecule has 0 aromatic carbocycles. The predicted octanol–water partition coefficient (Wildman–Crippen LogP) is 7.04. The van der Waals surface area contributed by atoms with Crippen molar-refractivity contribution in [3.8, 4) is 0 Å². The van der Waals surface area contributed by atoms with E-state index in [1.54, 1.807) is 0 Å². The predicted molar refractivity (Wildman–Crippen MR) is 127 cm³/mol. The summed E-state index contributed by atoms with van der Waals surface area (Å²) in [5.41, 5.74) is 1.16. The summed E-state index contributed by atoms with van der Waals surface area (Å²) in [7, 11) is 0. The second-order valence-electron chi connectivity index (χ2n) is 11.2. The highest BCUT2D eigenvalue weighted by Gasteiger charge is 2.63. The molecule has 4 aliphatic carbocycles. The Morgan fingerprint density at radius 1 is 0.968 bits per heavy atom. The van der Waals surface area contributed by atoms with Crippen molar-refractivity contribution in [3.63, 3.8) is 0 Å². The normalized spacial score (nSPS) is 40.5. The number of hydrogen-bond donors (Lipinski definition) is 1. The number of hydrogen-bond acceptors (Lipinski definition) is 4. The minimum absolute atomic E-state index is 0.0313. The second-order valence-corrected chi connectivity index (χ2v) is 12.4. The molecule has 0 amide bonds. The van der Waals surface area contributed by atoms with Gasteiger partial charge in [0, 0.05) is 5.41 Å². The largest absolute Gasteiger partial charge is 0.393 e. The van der Waals surface area contributed by atoms with Crippen molar-refractivity contribution in [3.05, 3.63) is 11.8 Å². The summed E-state index contributed by atoms with van der Waals surface area (Å²) in [6, 6.07) is 0. The van der Waals surface area contributed by atoms with Gasteiger partial charge in [-0.25, -0.2) is 0 Å². The van der Waals surface area contributed by atoms with Gasteiger partial charge < -0.3 is 9.99 Å². The monoisotopic (exact) mass is 496 g/mol. The lowest BCUT2D eigenvalue weighted by molar-refractivity contribution is -0.311. The highest BCUT2D eigenvalue weighted by atomic mass is 35.5. The molecule has 0 saturated heterocycles. The Hall–Kier alpha value is -0.000000000000000111. The van der Waals surface area contributed by atoms with E-state index in [1.807, 2.05) is 0 Å². The zero-order valence-electron chi connectivity index (χ0n) is 19.8. The van der Waals surface area contributed by atoms with Gasteiger partial charge >= 0.3 is 0 Å². The molecule has 7 heteroatoms. The third-order valence-electron chi connectivity index (χ3n) is 9.82. The van der Waals surface area contributed by atoms with E-state index in [1.165, 1.54) is 25.7 Å². The highest BCUT2D eigenvalue weighted by Crippen LogP contribution is 2.66. The van der Waals surface area contributed by atoms with Crippen molar-refractivity contribution in [2.75, 3.05) is 5.88 Å². The number of carbonyl (C=O) groups excluding carboxylic acids is 1. The van der Waals surface area contributed by atoms with Crippen LogP contribution < -0.4 is 0 Å². The SMILES string of the molecule is C=C(Cl)OOC1CC2CCC1(C)C2(C)C.CC1(C)C2CCC1(C)C(O)C2.O=C(Cl)CCl. The molecule has 0 heterocycles. The third kappa shape index (κ3) is 4.94. The van der Waals surface area contributed by atoms with Crippen LogP contribution in [0.15, 0.2) is 11.8 Å². The van der Waals surface area contributed by atoms with Crippen LogP contribution in [0.1, 0.15) is 80.1 Å². The molecule has 4 aliphatic rings. The van der Waals surface area contributed by atoms with Crippen LogP contribution in [0.4, 0.5) is 0 Å². The Balaban J connectivity index is 0.000000187. The molecule has 4 bridgehead atoms. The van der Waals surface area contributed by atoms with Crippen LogP contribution in [0.3, 0.4) is 0 Å². The molecule has 4 saturated carbocycles. The number of fused-ring (bicyclic) bond motifs is 4. The van der Waals surface area contributed by atoms with E-state index < -0.39 is 5.24 Å². The van der Waals surface area contributed by atoms with Gasteiger partial charge in [0.1, 0.15) is 6.10 Å². The van der Waals surface area contributed by atoms with Crippen LogP contribution in [0.5, 0.6) is 0 Å². The topological polar surface area (TPSA) is 55.8 Å². The average Bonchev–Trinajstić information content (AvgIpc) is 3.18. The van der Waals surface area contributed by atoms with Gasteiger partial charge in [0.2, 0.25) is 10.5 Å². The lowest BCUT2D eigenvalue weighted by atomic mass is 9.70. The summed E-state index contributed by atoms with van der Waals surface area (Å²) < 4.78 is 0. The zero-order chi connectivity index (χ0) is 23.8. The first-order valence-electron chi connectivity index (χ1n) is 11.2. The molecule has 0 aromatic rings. The number of aliphatic hydroxyl groups is 1. The highest BCUT2D eigenvalue weighted by molar-refractivity contribution is 6.67. The molecular weight excluding hydrogens is 459 g/mol. The van der Waals surface area contributed by atoms with E-state index in [2.05, 4.69) is 48.1 Å². The summed E-state index contributed by atoms with van der Waals surface area (Å²) in [6.45, 7) is 17.3. The van der Waals surface area contributed by atoms with E-state index >= 15 is 0 Å². The Labute approximate surface area is 202 Å². The van der Waals surface area contributed by atoms with Gasteiger partial charge in [0.15, 0.2) is 0 Å². The lowest BCUT2D eigenvalue weighted by Crippen LogP contribution is -2.37. The summed E-state index contributed by atoms with van der Waals surface area (Å²) in [6.07, 6.45) is 7.33. The van der Waals surface area contributed by atoms with Crippen molar-refractivity contribution in [2.24, 2.45) is 33.5 Å². The first-order chi connectivity index (χ1) is 14.1. The van der Waals surface area contributed by atoms with E-state index in [9.17, 15) is 9.90 Å². The van der Waals surface area contributed by atoms with Gasteiger partial charge in [-0.3, -0.25) is 4.79 Å². The van der Waals surface area contributed by atoms with Crippen LogP contribution in [0, 0.1) is 33.5 Å². The van der Waals surface area contributed by atoms with Crippen LogP contribution >= 0.6 is 34.8 Å². The fraction of sp³-hybridized carbons (Fsp3) is 0.875. The summed E-state index contributed by atoms with van der Waals surface area (Å²) in [4.78, 5) is 19.8. The Morgan fingerprint density at radius 2 is 1.42 bits per heavy atom. The Kier molecular flexibility index (Phi) is 8.53. The van der Waals surface area contributed by atoms with Crippen molar-refractivity contribution in [2.45, 2.75) is 92.3 Å². The van der Waals surface area contributed by atoms with Gasteiger partial charge in [-0.05, 0) is 96.4 Å². The summed E-state index contributed by atoms with van der Waals surface area (Å²) >= 11 is 15.1. The van der Waals surface area contributed by atoms with Crippen LogP contribution in [-0.2, 0) is 14.6 Å². The maximum Gasteiger partial charge on any atom is 0.236 e. The molecule has 4 fully saturated rings. The second kappa shape index (κ2) is 9.70. The fourth-order valence-electron chi connectivity index (χ4n) is 6.55. The number of aliphatic hydroxyl groups excluding tert-OH is 1. The van der Waals surface area contributed by atoms with Crippen molar-refractivity contribution in [1.82, 2.24) is 0 Å². The van der Waals surface area contributed by atoms with Crippen molar-refractivity contribution >= 4 is 40.0 Å². The summed E-state index contributed by atoms with van der Waals surface area (Å²) in [5, 5.41) is 9.42. The fourth-order valence-corrected chi connectivity index (χ4v) is 6.58. The third-order valence-corrected chi connectivity index (χ3v) is 10.4. The van der Waals surface area contributed by atoms with Crippen LogP contribution in [0.25, 0.3) is 0 Å².